The lowest BCUT2D eigenvalue weighted by Gasteiger charge is -2.30. The molecule has 1 fully saturated rings. The van der Waals surface area contributed by atoms with Crippen molar-refractivity contribution in [2.45, 2.75) is 17.7 Å². The summed E-state index contributed by atoms with van der Waals surface area (Å²) in [5, 5.41) is 9.14. The summed E-state index contributed by atoms with van der Waals surface area (Å²) in [5.74, 6) is 5.71. The third kappa shape index (κ3) is 3.63. The van der Waals surface area contributed by atoms with Gasteiger partial charge in [0.15, 0.2) is 0 Å². The molecule has 0 aromatic heterocycles. The zero-order valence-corrected chi connectivity index (χ0v) is 12.6. The average Bonchev–Trinajstić information content (AvgIpc) is 2.53. The van der Waals surface area contributed by atoms with Crippen LogP contribution in [0.15, 0.2) is 29.2 Å². The van der Waals surface area contributed by atoms with E-state index in [1.807, 2.05) is 0 Å². The maximum Gasteiger partial charge on any atom is 0.244 e. The summed E-state index contributed by atoms with van der Waals surface area (Å²) in [7, 11) is -3.55. The van der Waals surface area contributed by atoms with E-state index >= 15 is 0 Å². The molecule has 6 heteroatoms. The maximum atomic E-state index is 12.7. The molecular formula is C15H20N2O3S. The molecule has 3 N–H and O–H groups in total. The Kier molecular flexibility index (Phi) is 5.37. The van der Waals surface area contributed by atoms with Crippen molar-refractivity contribution in [2.24, 2.45) is 11.7 Å². The standard InChI is InChI=1S/C15H20N2O3S/c16-9-3-5-14-4-1-2-6-15(14)21(19,20)17-10-7-13(12-18)8-11-17/h1-2,4,6,13,18H,7-12,16H2. The first-order valence-electron chi connectivity index (χ1n) is 6.98. The number of aliphatic hydroxyl groups excluding tert-OH is 1. The Morgan fingerprint density at radius 3 is 2.57 bits per heavy atom. The van der Waals surface area contributed by atoms with E-state index in [0.29, 0.717) is 31.5 Å². The number of aliphatic hydroxyl groups is 1. The van der Waals surface area contributed by atoms with Crippen molar-refractivity contribution >= 4 is 10.0 Å². The van der Waals surface area contributed by atoms with Gasteiger partial charge in [-0.3, -0.25) is 0 Å². The number of sulfonamides is 1. The van der Waals surface area contributed by atoms with Crippen molar-refractivity contribution in [3.63, 3.8) is 0 Å². The van der Waals surface area contributed by atoms with E-state index < -0.39 is 10.0 Å². The quantitative estimate of drug-likeness (QED) is 0.791. The topological polar surface area (TPSA) is 83.6 Å². The van der Waals surface area contributed by atoms with Crippen molar-refractivity contribution in [1.82, 2.24) is 4.31 Å². The van der Waals surface area contributed by atoms with Crippen LogP contribution in [0.4, 0.5) is 0 Å². The predicted octanol–water partition coefficient (Wildman–Crippen LogP) is 0.390. The first kappa shape index (κ1) is 16.0. The highest BCUT2D eigenvalue weighted by atomic mass is 32.2. The van der Waals surface area contributed by atoms with Crippen molar-refractivity contribution in [2.75, 3.05) is 26.2 Å². The van der Waals surface area contributed by atoms with E-state index in [4.69, 9.17) is 10.8 Å². The van der Waals surface area contributed by atoms with Crippen LogP contribution in [0, 0.1) is 17.8 Å². The molecule has 5 nitrogen and oxygen atoms in total. The second-order valence-corrected chi connectivity index (χ2v) is 6.94. The number of piperidine rings is 1. The molecule has 0 amide bonds. The van der Waals surface area contributed by atoms with Gasteiger partial charge in [0, 0.05) is 25.3 Å². The Hall–Kier alpha value is -1.39. The number of hydrogen-bond acceptors (Lipinski definition) is 4. The minimum absolute atomic E-state index is 0.118. The smallest absolute Gasteiger partial charge is 0.244 e. The van der Waals surface area contributed by atoms with Gasteiger partial charge in [-0.05, 0) is 30.9 Å². The molecule has 0 unspecified atom stereocenters. The molecule has 1 aliphatic heterocycles. The molecule has 21 heavy (non-hydrogen) atoms. The van der Waals surface area contributed by atoms with Gasteiger partial charge in [-0.25, -0.2) is 8.42 Å². The van der Waals surface area contributed by atoms with Crippen LogP contribution in [0.1, 0.15) is 18.4 Å². The minimum atomic E-state index is -3.55. The van der Waals surface area contributed by atoms with Crippen LogP contribution < -0.4 is 5.73 Å². The van der Waals surface area contributed by atoms with Gasteiger partial charge in [0.05, 0.1) is 11.4 Å². The van der Waals surface area contributed by atoms with E-state index in [2.05, 4.69) is 11.8 Å². The molecule has 1 aliphatic rings. The van der Waals surface area contributed by atoms with Crippen LogP contribution in [-0.4, -0.2) is 44.1 Å². The van der Waals surface area contributed by atoms with Crippen LogP contribution in [0.5, 0.6) is 0 Å². The summed E-state index contributed by atoms with van der Waals surface area (Å²) in [6, 6.07) is 6.72. The zero-order valence-electron chi connectivity index (χ0n) is 11.8. The highest BCUT2D eigenvalue weighted by Gasteiger charge is 2.30. The lowest BCUT2D eigenvalue weighted by Crippen LogP contribution is -2.39. The molecule has 2 rings (SSSR count). The highest BCUT2D eigenvalue weighted by molar-refractivity contribution is 7.89. The molecule has 1 heterocycles. The van der Waals surface area contributed by atoms with E-state index in [0.717, 1.165) is 0 Å². The van der Waals surface area contributed by atoms with Crippen molar-refractivity contribution in [1.29, 1.82) is 0 Å². The van der Waals surface area contributed by atoms with Crippen molar-refractivity contribution in [3.05, 3.63) is 29.8 Å². The molecule has 0 bridgehead atoms. The molecule has 0 spiro atoms. The Labute approximate surface area is 125 Å². The third-order valence-electron chi connectivity index (χ3n) is 3.66. The average molecular weight is 308 g/mol. The molecule has 0 aliphatic carbocycles. The van der Waals surface area contributed by atoms with E-state index in [1.165, 1.54) is 4.31 Å². The Balaban J connectivity index is 2.28. The van der Waals surface area contributed by atoms with Gasteiger partial charge in [-0.2, -0.15) is 4.31 Å². The van der Waals surface area contributed by atoms with Crippen molar-refractivity contribution < 1.29 is 13.5 Å². The normalized spacial score (nSPS) is 17.2. The van der Waals surface area contributed by atoms with Crippen LogP contribution in [-0.2, 0) is 10.0 Å². The Morgan fingerprint density at radius 1 is 1.29 bits per heavy atom. The zero-order chi connectivity index (χ0) is 15.3. The third-order valence-corrected chi connectivity index (χ3v) is 5.62. The molecule has 0 saturated carbocycles. The molecule has 1 aromatic carbocycles. The lowest BCUT2D eigenvalue weighted by atomic mass is 10.00. The first-order valence-corrected chi connectivity index (χ1v) is 8.42. The van der Waals surface area contributed by atoms with E-state index in [9.17, 15) is 8.42 Å². The summed E-state index contributed by atoms with van der Waals surface area (Å²) >= 11 is 0. The minimum Gasteiger partial charge on any atom is -0.396 e. The van der Waals surface area contributed by atoms with Gasteiger partial charge in [-0.1, -0.05) is 24.0 Å². The fraction of sp³-hybridized carbons (Fsp3) is 0.467. The fourth-order valence-corrected chi connectivity index (χ4v) is 4.03. The van der Waals surface area contributed by atoms with Crippen LogP contribution in [0.25, 0.3) is 0 Å². The SMILES string of the molecule is NCC#Cc1ccccc1S(=O)(=O)N1CCC(CO)CC1. The first-order chi connectivity index (χ1) is 10.1. The molecular weight excluding hydrogens is 288 g/mol. The summed E-state index contributed by atoms with van der Waals surface area (Å²) < 4.78 is 26.9. The van der Waals surface area contributed by atoms with Crippen molar-refractivity contribution in [3.8, 4) is 11.8 Å². The predicted molar refractivity (Wildman–Crippen MR) is 80.9 cm³/mol. The molecule has 0 atom stereocenters. The van der Waals surface area contributed by atoms with E-state index in [-0.39, 0.29) is 24.0 Å². The monoisotopic (exact) mass is 308 g/mol. The lowest BCUT2D eigenvalue weighted by molar-refractivity contribution is 0.170. The highest BCUT2D eigenvalue weighted by Crippen LogP contribution is 2.25. The summed E-state index contributed by atoms with van der Waals surface area (Å²) in [6.45, 7) is 1.18. The summed E-state index contributed by atoms with van der Waals surface area (Å²) in [4.78, 5) is 0.230. The van der Waals surface area contributed by atoms with Gasteiger partial charge in [0.25, 0.3) is 0 Å². The number of hydrogen-bond donors (Lipinski definition) is 2. The second kappa shape index (κ2) is 7.05. The molecule has 0 radical (unpaired) electrons. The Bertz CT molecular complexity index is 638. The van der Waals surface area contributed by atoms with Gasteiger partial charge in [0.2, 0.25) is 10.0 Å². The van der Waals surface area contributed by atoms with E-state index in [1.54, 1.807) is 24.3 Å². The fourth-order valence-electron chi connectivity index (χ4n) is 2.41. The van der Waals surface area contributed by atoms with Crippen LogP contribution >= 0.6 is 0 Å². The number of nitrogens with zero attached hydrogens (tertiary/aromatic N) is 1. The largest absolute Gasteiger partial charge is 0.396 e. The number of benzene rings is 1. The molecule has 114 valence electrons. The summed E-state index contributed by atoms with van der Waals surface area (Å²) in [6.07, 6.45) is 1.37. The number of nitrogens with two attached hydrogens (primary N) is 1. The maximum absolute atomic E-state index is 12.7. The Morgan fingerprint density at radius 2 is 1.95 bits per heavy atom. The van der Waals surface area contributed by atoms with Crippen LogP contribution in [0.2, 0.25) is 0 Å². The summed E-state index contributed by atoms with van der Waals surface area (Å²) in [5.41, 5.74) is 5.83. The van der Waals surface area contributed by atoms with Gasteiger partial charge >= 0.3 is 0 Å². The second-order valence-electron chi connectivity index (χ2n) is 5.03. The molecule has 1 saturated heterocycles. The van der Waals surface area contributed by atoms with Gasteiger partial charge in [0.1, 0.15) is 0 Å². The van der Waals surface area contributed by atoms with Gasteiger partial charge in [-0.15, -0.1) is 0 Å². The van der Waals surface area contributed by atoms with Gasteiger partial charge < -0.3 is 10.8 Å². The van der Waals surface area contributed by atoms with Crippen LogP contribution in [0.3, 0.4) is 0 Å². The molecule has 1 aromatic rings. The number of rotatable bonds is 3.